The Balaban J connectivity index is 1.30. The van der Waals surface area contributed by atoms with Crippen LogP contribution in [0.5, 0.6) is 0 Å². The van der Waals surface area contributed by atoms with Gasteiger partial charge in [0.1, 0.15) is 0 Å². The Morgan fingerprint density at radius 3 is 1.37 bits per heavy atom. The Morgan fingerprint density at radius 1 is 0.368 bits per heavy atom. The van der Waals surface area contributed by atoms with Gasteiger partial charge >= 0.3 is 0 Å². The topological polar surface area (TPSA) is 3.24 Å². The normalized spacial score (nSPS) is 13.2. The van der Waals surface area contributed by atoms with Crippen LogP contribution in [0.1, 0.15) is 25.0 Å². The number of fused-ring (bicyclic) bond motifs is 2. The Hall–Kier alpha value is -6.74. The summed E-state index contributed by atoms with van der Waals surface area (Å²) < 4.78 is 0. The summed E-state index contributed by atoms with van der Waals surface area (Å²) in [5.41, 5.74) is 6.17. The van der Waals surface area contributed by atoms with Gasteiger partial charge in [-0.3, -0.25) is 0 Å². The molecule has 0 heterocycles. The van der Waals surface area contributed by atoms with Crippen molar-refractivity contribution in [2.24, 2.45) is 0 Å². The molecule has 2 heteroatoms. The maximum atomic E-state index is 2.55. The van der Waals surface area contributed by atoms with E-state index in [9.17, 15) is 0 Å². The van der Waals surface area contributed by atoms with E-state index in [1.807, 2.05) is 0 Å². The van der Waals surface area contributed by atoms with Crippen LogP contribution in [0.25, 0.3) is 43.1 Å². The number of para-hydroxylation sites is 1. The van der Waals surface area contributed by atoms with Crippen molar-refractivity contribution in [3.8, 4) is 0 Å². The van der Waals surface area contributed by atoms with Gasteiger partial charge in [0.15, 0.2) is 8.07 Å². The maximum Gasteiger partial charge on any atom is 0.180 e. The van der Waals surface area contributed by atoms with Gasteiger partial charge in [0.25, 0.3) is 0 Å². The third-order valence-electron chi connectivity index (χ3n) is 12.7. The van der Waals surface area contributed by atoms with Crippen LogP contribution in [0.4, 0.5) is 17.1 Å². The van der Waals surface area contributed by atoms with E-state index in [4.69, 9.17) is 0 Å². The first kappa shape index (κ1) is 33.6. The monoisotopic (exact) mass is 743 g/mol. The molecule has 0 saturated heterocycles. The second-order valence-electron chi connectivity index (χ2n) is 16.0. The zero-order chi connectivity index (χ0) is 38.1. The number of hydrogen-bond donors (Lipinski definition) is 0. The Kier molecular flexibility index (Phi) is 7.61. The largest absolute Gasteiger partial charge is 0.309 e. The fourth-order valence-corrected chi connectivity index (χ4v) is 15.4. The van der Waals surface area contributed by atoms with Crippen molar-refractivity contribution in [1.82, 2.24) is 0 Å². The summed E-state index contributed by atoms with van der Waals surface area (Å²) in [7, 11) is -2.95. The number of hydrogen-bond acceptors (Lipinski definition) is 1. The summed E-state index contributed by atoms with van der Waals surface area (Å²) in [5.74, 6) is 0. The fourth-order valence-electron chi connectivity index (χ4n) is 10.2. The first-order valence-electron chi connectivity index (χ1n) is 20.0. The van der Waals surface area contributed by atoms with E-state index in [2.05, 4.69) is 231 Å². The zero-order valence-electron chi connectivity index (χ0n) is 32.2. The van der Waals surface area contributed by atoms with Gasteiger partial charge in [-0.2, -0.15) is 0 Å². The summed E-state index contributed by atoms with van der Waals surface area (Å²) in [6.07, 6.45) is 0. The molecule has 0 atom stereocenters. The molecule has 0 aliphatic heterocycles. The number of benzene rings is 10. The van der Waals surface area contributed by atoms with Crippen molar-refractivity contribution in [3.05, 3.63) is 223 Å². The maximum absolute atomic E-state index is 2.95. The standard InChI is InChI=1S/C55H41NSi/c1-55(2)49-33-19-20-38-34-35-39-36-41(37-50(55)52(39)51(38)49)56(40-21-7-3-8-22-40)53-45-29-15-17-31-47(45)54(48-32-18-16-30-46(48)53)57(42-23-9-4-10-24-42,43-25-11-5-12-26-43)44-27-13-6-14-28-44/h3-37H,1-2H3. The highest BCUT2D eigenvalue weighted by Crippen LogP contribution is 2.52. The van der Waals surface area contributed by atoms with Crippen LogP contribution < -0.4 is 25.6 Å². The molecule has 10 aromatic carbocycles. The number of anilines is 3. The highest BCUT2D eigenvalue weighted by Gasteiger charge is 2.44. The zero-order valence-corrected chi connectivity index (χ0v) is 33.2. The molecular weight excluding hydrogens is 703 g/mol. The van der Waals surface area contributed by atoms with E-state index in [1.165, 1.54) is 86.3 Å². The van der Waals surface area contributed by atoms with Gasteiger partial charge in [0, 0.05) is 27.6 Å². The third kappa shape index (κ3) is 4.87. The summed E-state index contributed by atoms with van der Waals surface area (Å²) >= 11 is 0. The van der Waals surface area contributed by atoms with E-state index >= 15 is 0 Å². The van der Waals surface area contributed by atoms with E-state index in [0.29, 0.717) is 0 Å². The molecule has 0 saturated carbocycles. The minimum Gasteiger partial charge on any atom is -0.309 e. The lowest BCUT2D eigenvalue weighted by molar-refractivity contribution is 0.663. The van der Waals surface area contributed by atoms with Gasteiger partial charge < -0.3 is 4.90 Å². The number of nitrogens with zero attached hydrogens (tertiary/aromatic N) is 1. The van der Waals surface area contributed by atoms with Crippen LogP contribution in [0.2, 0.25) is 0 Å². The quantitative estimate of drug-likeness (QED) is 0.0680. The molecule has 0 N–H and O–H groups in total. The molecule has 1 aliphatic carbocycles. The van der Waals surface area contributed by atoms with E-state index in [0.717, 1.165) is 5.69 Å². The minimum absolute atomic E-state index is 0.139. The van der Waals surface area contributed by atoms with Crippen LogP contribution in [0.15, 0.2) is 212 Å². The molecule has 0 spiro atoms. The van der Waals surface area contributed by atoms with Crippen LogP contribution in [0, 0.1) is 0 Å². The predicted molar refractivity (Wildman–Crippen MR) is 247 cm³/mol. The summed E-state index contributed by atoms with van der Waals surface area (Å²) in [6.45, 7) is 4.79. The SMILES string of the molecule is CC1(C)c2cccc3ccc4cc(N(c5ccccc5)c5c6ccccc6c([Si](c6ccccc6)(c6ccccc6)c6ccccc6)c6ccccc56)cc1c4c23. The Bertz CT molecular complexity index is 2980. The molecular formula is C55H41NSi. The second-order valence-corrected chi connectivity index (χ2v) is 19.8. The number of rotatable bonds is 7. The predicted octanol–water partition coefficient (Wildman–Crippen LogP) is 11.8. The van der Waals surface area contributed by atoms with Crippen LogP contribution >= 0.6 is 0 Å². The van der Waals surface area contributed by atoms with Gasteiger partial charge in [0.05, 0.1) is 5.69 Å². The summed E-state index contributed by atoms with van der Waals surface area (Å²) in [4.78, 5) is 2.55. The minimum atomic E-state index is -2.95. The first-order chi connectivity index (χ1) is 28.1. The van der Waals surface area contributed by atoms with Gasteiger partial charge in [-0.05, 0) is 88.5 Å². The average Bonchev–Trinajstić information content (AvgIpc) is 3.51. The van der Waals surface area contributed by atoms with Crippen LogP contribution in [0.3, 0.4) is 0 Å². The molecule has 57 heavy (non-hydrogen) atoms. The molecule has 0 bridgehead atoms. The van der Waals surface area contributed by atoms with Crippen molar-refractivity contribution in [2.45, 2.75) is 19.3 Å². The highest BCUT2D eigenvalue weighted by atomic mass is 28.3. The molecule has 0 fully saturated rings. The van der Waals surface area contributed by atoms with E-state index in [1.54, 1.807) is 0 Å². The lowest BCUT2D eigenvalue weighted by Gasteiger charge is -2.38. The van der Waals surface area contributed by atoms with Crippen molar-refractivity contribution >= 4 is 89.0 Å². The molecule has 1 aliphatic rings. The third-order valence-corrected chi connectivity index (χ3v) is 17.6. The van der Waals surface area contributed by atoms with Crippen molar-refractivity contribution < 1.29 is 0 Å². The molecule has 270 valence electrons. The second kappa shape index (κ2) is 12.9. The Morgan fingerprint density at radius 2 is 0.825 bits per heavy atom. The van der Waals surface area contributed by atoms with Gasteiger partial charge in [0.2, 0.25) is 0 Å². The summed E-state index contributed by atoms with van der Waals surface area (Å²) in [6, 6.07) is 79.7. The molecule has 0 unspecified atom stereocenters. The molecule has 1 nitrogen and oxygen atoms in total. The fraction of sp³-hybridized carbons (Fsp3) is 0.0545. The lowest BCUT2D eigenvalue weighted by Crippen LogP contribution is -2.75. The van der Waals surface area contributed by atoms with E-state index in [-0.39, 0.29) is 5.41 Å². The van der Waals surface area contributed by atoms with Gasteiger partial charge in [-0.15, -0.1) is 0 Å². The molecule has 0 aromatic heterocycles. The molecule has 11 rings (SSSR count). The van der Waals surface area contributed by atoms with Crippen LogP contribution in [-0.4, -0.2) is 8.07 Å². The molecule has 10 aromatic rings. The van der Waals surface area contributed by atoms with E-state index < -0.39 is 8.07 Å². The van der Waals surface area contributed by atoms with Crippen molar-refractivity contribution in [3.63, 3.8) is 0 Å². The van der Waals surface area contributed by atoms with Crippen molar-refractivity contribution in [1.29, 1.82) is 0 Å². The van der Waals surface area contributed by atoms with Crippen LogP contribution in [-0.2, 0) is 5.41 Å². The summed E-state index contributed by atoms with van der Waals surface area (Å²) in [5, 5.41) is 16.0. The lowest BCUT2D eigenvalue weighted by atomic mass is 9.81. The molecule has 0 radical (unpaired) electrons. The van der Waals surface area contributed by atoms with Crippen molar-refractivity contribution in [2.75, 3.05) is 4.90 Å². The smallest absolute Gasteiger partial charge is 0.180 e. The Labute approximate surface area is 335 Å². The highest BCUT2D eigenvalue weighted by molar-refractivity contribution is 7.21. The first-order valence-corrected chi connectivity index (χ1v) is 22.0. The molecule has 0 amide bonds. The van der Waals surface area contributed by atoms with Gasteiger partial charge in [-0.25, -0.2) is 0 Å². The van der Waals surface area contributed by atoms with Gasteiger partial charge in [-0.1, -0.05) is 202 Å². The average molecular weight is 744 g/mol.